The van der Waals surface area contributed by atoms with Gasteiger partial charge in [-0.3, -0.25) is 0 Å². The molecular formula is C26H20N2O2S. The highest BCUT2D eigenvalue weighted by Gasteiger charge is 2.11. The first-order valence-corrected chi connectivity index (χ1v) is 10.8. The molecule has 4 nitrogen and oxygen atoms in total. The molecule has 0 radical (unpaired) electrons. The van der Waals surface area contributed by atoms with Crippen LogP contribution >= 0.6 is 11.8 Å². The molecular weight excluding hydrogens is 404 g/mol. The third-order valence-electron chi connectivity index (χ3n) is 4.89. The number of nitrogens with zero attached hydrogens (tertiary/aromatic N) is 1. The van der Waals surface area contributed by atoms with Crippen LogP contribution in [0, 0.1) is 0 Å². The predicted molar refractivity (Wildman–Crippen MR) is 123 cm³/mol. The number of nitrogens with one attached hydrogen (secondary N) is 1. The van der Waals surface area contributed by atoms with Crippen molar-refractivity contribution in [2.24, 2.45) is 0 Å². The van der Waals surface area contributed by atoms with E-state index in [0.717, 1.165) is 32.6 Å². The molecule has 3 aromatic carbocycles. The van der Waals surface area contributed by atoms with E-state index in [0.29, 0.717) is 6.61 Å². The zero-order valence-corrected chi connectivity index (χ0v) is 17.5. The number of rotatable bonds is 7. The zero-order chi connectivity index (χ0) is 20.9. The fraction of sp³-hybridized carbons (Fsp3) is 0.0385. The Balaban J connectivity index is 1.20. The Hall–Kier alpha value is -3.70. The number of furan rings is 1. The molecule has 0 spiro atoms. The molecule has 152 valence electrons. The number of aromatic amines is 1. The smallest absolute Gasteiger partial charge is 0.165 e. The van der Waals surface area contributed by atoms with Gasteiger partial charge < -0.3 is 14.1 Å². The van der Waals surface area contributed by atoms with Crippen molar-refractivity contribution in [2.75, 3.05) is 0 Å². The lowest BCUT2D eigenvalue weighted by molar-refractivity contribution is 0.306. The quantitative estimate of drug-likeness (QED) is 0.304. The highest BCUT2D eigenvalue weighted by molar-refractivity contribution is 7.99. The van der Waals surface area contributed by atoms with Crippen LogP contribution in [-0.2, 0) is 6.61 Å². The molecule has 0 aliphatic heterocycles. The molecule has 0 saturated carbocycles. The van der Waals surface area contributed by atoms with Gasteiger partial charge in [0.05, 0.1) is 23.7 Å². The summed E-state index contributed by atoms with van der Waals surface area (Å²) in [6.45, 7) is 0.535. The van der Waals surface area contributed by atoms with E-state index >= 15 is 0 Å². The summed E-state index contributed by atoms with van der Waals surface area (Å²) in [5, 5.41) is 0. The van der Waals surface area contributed by atoms with Crippen LogP contribution in [0.15, 0.2) is 118 Å². The number of H-pyrrole nitrogens is 1. The summed E-state index contributed by atoms with van der Waals surface area (Å²) in [5.41, 5.74) is 4.43. The van der Waals surface area contributed by atoms with Crippen LogP contribution in [0.4, 0.5) is 0 Å². The molecule has 1 N–H and O–H groups in total. The topological polar surface area (TPSA) is 51.1 Å². The van der Waals surface area contributed by atoms with Crippen molar-refractivity contribution in [3.8, 4) is 28.3 Å². The molecule has 0 aliphatic carbocycles. The average molecular weight is 425 g/mol. The van der Waals surface area contributed by atoms with E-state index in [-0.39, 0.29) is 0 Å². The van der Waals surface area contributed by atoms with Gasteiger partial charge in [0.25, 0.3) is 0 Å². The van der Waals surface area contributed by atoms with E-state index in [4.69, 9.17) is 9.15 Å². The van der Waals surface area contributed by atoms with Gasteiger partial charge in [0, 0.05) is 4.90 Å². The van der Waals surface area contributed by atoms with Crippen LogP contribution in [0.5, 0.6) is 5.75 Å². The van der Waals surface area contributed by atoms with Crippen LogP contribution < -0.4 is 4.74 Å². The first-order chi connectivity index (χ1) is 15.3. The van der Waals surface area contributed by atoms with Gasteiger partial charge >= 0.3 is 0 Å². The fourth-order valence-corrected chi connectivity index (χ4v) is 4.18. The largest absolute Gasteiger partial charge is 0.489 e. The molecule has 0 unspecified atom stereocenters. The standard InChI is InChI=1S/C26H20N2O2S/c1-2-4-20(5-3-1)21-8-6-19(7-9-21)17-30-22-10-12-23(13-11-22)31-25-14-15-29-26(25)24-16-27-18-28-24/h1-16,18H,17H2,(H,27,28). The maximum absolute atomic E-state index is 5.97. The molecule has 0 amide bonds. The highest BCUT2D eigenvalue weighted by atomic mass is 32.2. The van der Waals surface area contributed by atoms with Crippen LogP contribution in [0.3, 0.4) is 0 Å². The van der Waals surface area contributed by atoms with Crippen LogP contribution in [-0.4, -0.2) is 9.97 Å². The van der Waals surface area contributed by atoms with E-state index in [1.165, 1.54) is 11.1 Å². The highest BCUT2D eigenvalue weighted by Crippen LogP contribution is 2.36. The Kier molecular flexibility index (Phi) is 5.58. The number of imidazole rings is 1. The second-order valence-electron chi connectivity index (χ2n) is 7.00. The van der Waals surface area contributed by atoms with Gasteiger partial charge in [0.2, 0.25) is 0 Å². The maximum Gasteiger partial charge on any atom is 0.165 e. The SMILES string of the molecule is c1ccc(-c2ccc(COc3ccc(Sc4ccoc4-c4cnc[nH]4)cc3)cc2)cc1. The van der Waals surface area contributed by atoms with Gasteiger partial charge in [-0.1, -0.05) is 66.4 Å². The minimum atomic E-state index is 0.535. The minimum Gasteiger partial charge on any atom is -0.489 e. The Bertz CT molecular complexity index is 1230. The van der Waals surface area contributed by atoms with E-state index in [1.807, 2.05) is 24.3 Å². The fourth-order valence-electron chi connectivity index (χ4n) is 3.28. The Morgan fingerprint density at radius 1 is 0.839 bits per heavy atom. The monoisotopic (exact) mass is 424 g/mol. The van der Waals surface area contributed by atoms with Crippen molar-refractivity contribution < 1.29 is 9.15 Å². The summed E-state index contributed by atoms with van der Waals surface area (Å²) in [4.78, 5) is 9.29. The van der Waals surface area contributed by atoms with Crippen molar-refractivity contribution in [3.05, 3.63) is 109 Å². The molecule has 5 rings (SSSR count). The van der Waals surface area contributed by atoms with Gasteiger partial charge in [0.15, 0.2) is 5.76 Å². The molecule has 5 aromatic rings. The maximum atomic E-state index is 5.97. The summed E-state index contributed by atoms with van der Waals surface area (Å²) in [5.74, 6) is 1.64. The van der Waals surface area contributed by atoms with Crippen LogP contribution in [0.1, 0.15) is 5.56 Å². The second kappa shape index (κ2) is 8.98. The number of ether oxygens (including phenoxy) is 1. The zero-order valence-electron chi connectivity index (χ0n) is 16.7. The molecule has 5 heteroatoms. The lowest BCUT2D eigenvalue weighted by Crippen LogP contribution is -1.95. The van der Waals surface area contributed by atoms with E-state index in [2.05, 4.69) is 70.6 Å². The summed E-state index contributed by atoms with van der Waals surface area (Å²) in [6, 6.07) is 28.9. The van der Waals surface area contributed by atoms with Crippen molar-refractivity contribution in [1.29, 1.82) is 0 Å². The first kappa shape index (κ1) is 19.3. The Morgan fingerprint density at radius 2 is 1.61 bits per heavy atom. The number of hydrogen-bond donors (Lipinski definition) is 1. The minimum absolute atomic E-state index is 0.535. The summed E-state index contributed by atoms with van der Waals surface area (Å²) in [6.07, 6.45) is 5.10. The van der Waals surface area contributed by atoms with Gasteiger partial charge in [-0.2, -0.15) is 0 Å². The molecule has 0 aliphatic rings. The lowest BCUT2D eigenvalue weighted by Gasteiger charge is -2.08. The predicted octanol–water partition coefficient (Wildman–Crippen LogP) is 7.07. The summed E-state index contributed by atoms with van der Waals surface area (Å²) in [7, 11) is 0. The summed E-state index contributed by atoms with van der Waals surface area (Å²) >= 11 is 1.64. The first-order valence-electron chi connectivity index (χ1n) is 9.96. The lowest BCUT2D eigenvalue weighted by atomic mass is 10.0. The molecule has 0 fully saturated rings. The average Bonchev–Trinajstić information content (AvgIpc) is 3.52. The van der Waals surface area contributed by atoms with E-state index < -0.39 is 0 Å². The number of benzene rings is 3. The van der Waals surface area contributed by atoms with E-state index in [1.54, 1.807) is 30.5 Å². The van der Waals surface area contributed by atoms with Crippen molar-refractivity contribution in [3.63, 3.8) is 0 Å². The van der Waals surface area contributed by atoms with Crippen molar-refractivity contribution >= 4 is 11.8 Å². The van der Waals surface area contributed by atoms with E-state index in [9.17, 15) is 0 Å². The second-order valence-corrected chi connectivity index (χ2v) is 8.12. The van der Waals surface area contributed by atoms with Crippen LogP contribution in [0.25, 0.3) is 22.6 Å². The third-order valence-corrected chi connectivity index (χ3v) is 5.94. The molecule has 31 heavy (non-hydrogen) atoms. The number of hydrogen-bond acceptors (Lipinski definition) is 4. The van der Waals surface area contributed by atoms with Crippen molar-refractivity contribution in [1.82, 2.24) is 9.97 Å². The molecule has 0 atom stereocenters. The van der Waals surface area contributed by atoms with Gasteiger partial charge in [0.1, 0.15) is 18.1 Å². The molecule has 0 bridgehead atoms. The normalized spacial score (nSPS) is 10.8. The summed E-state index contributed by atoms with van der Waals surface area (Å²) < 4.78 is 11.6. The Labute approximate surface area is 184 Å². The van der Waals surface area contributed by atoms with Crippen LogP contribution in [0.2, 0.25) is 0 Å². The number of aromatic nitrogens is 2. The van der Waals surface area contributed by atoms with Gasteiger partial charge in [-0.05, 0) is 47.0 Å². The third kappa shape index (κ3) is 4.57. The molecule has 2 heterocycles. The molecule has 2 aromatic heterocycles. The Morgan fingerprint density at radius 3 is 2.35 bits per heavy atom. The molecule has 0 saturated heterocycles. The van der Waals surface area contributed by atoms with Gasteiger partial charge in [-0.25, -0.2) is 4.98 Å². The van der Waals surface area contributed by atoms with Crippen molar-refractivity contribution in [2.45, 2.75) is 16.4 Å². The van der Waals surface area contributed by atoms with Gasteiger partial charge in [-0.15, -0.1) is 0 Å².